The fourth-order valence-electron chi connectivity index (χ4n) is 1.38. The van der Waals surface area contributed by atoms with Gasteiger partial charge in [-0.1, -0.05) is 0 Å². The molecule has 15 heavy (non-hydrogen) atoms. The van der Waals surface area contributed by atoms with Gasteiger partial charge in [0.15, 0.2) is 5.54 Å². The maximum atomic E-state index is 11.3. The lowest BCUT2D eigenvalue weighted by molar-refractivity contribution is -0.144. The summed E-state index contributed by atoms with van der Waals surface area (Å²) in [5, 5.41) is 14.8. The monoisotopic (exact) mass is 226 g/mol. The van der Waals surface area contributed by atoms with Gasteiger partial charge >= 0.3 is 5.97 Å². The smallest absolute Gasteiger partial charge is 0.330 e. The van der Waals surface area contributed by atoms with Crippen molar-refractivity contribution in [1.82, 2.24) is 10.3 Å². The van der Waals surface area contributed by atoms with Crippen LogP contribution >= 0.6 is 11.3 Å². The summed E-state index contributed by atoms with van der Waals surface area (Å²) in [5.74, 6) is -0.207. The zero-order valence-corrected chi connectivity index (χ0v) is 9.38. The first-order valence-corrected chi connectivity index (χ1v) is 5.89. The normalized spacial score (nSPS) is 19.8. The van der Waals surface area contributed by atoms with Gasteiger partial charge in [0, 0.05) is 11.6 Å². The lowest BCUT2D eigenvalue weighted by atomic mass is 10.0. The van der Waals surface area contributed by atoms with Crippen LogP contribution < -0.4 is 5.32 Å². The highest BCUT2D eigenvalue weighted by atomic mass is 32.1. The van der Waals surface area contributed by atoms with E-state index in [-0.39, 0.29) is 0 Å². The van der Waals surface area contributed by atoms with Crippen LogP contribution in [0.25, 0.3) is 0 Å². The number of thiazole rings is 1. The molecule has 1 aromatic rings. The Kier molecular flexibility index (Phi) is 2.75. The van der Waals surface area contributed by atoms with E-state index in [0.29, 0.717) is 10.9 Å². The van der Waals surface area contributed by atoms with Crippen molar-refractivity contribution in [3.63, 3.8) is 0 Å². The molecule has 1 aromatic heterocycles. The summed E-state index contributed by atoms with van der Waals surface area (Å²) in [6.45, 7) is 2.44. The van der Waals surface area contributed by atoms with Crippen molar-refractivity contribution >= 4 is 17.3 Å². The SMILES string of the molecule is CC(NCC1CC1)(C(=O)O)c1nccs1. The standard InChI is InChI=1S/C10H14N2O2S/c1-10(9(13)14,8-11-4-5-15-8)12-6-7-2-3-7/h4-5,7,12H,2-3,6H2,1H3,(H,13,14). The first-order valence-electron chi connectivity index (χ1n) is 5.01. The Balaban J connectivity index is 2.11. The van der Waals surface area contributed by atoms with Crippen molar-refractivity contribution in [2.45, 2.75) is 25.3 Å². The molecule has 1 aliphatic rings. The predicted molar refractivity (Wildman–Crippen MR) is 57.8 cm³/mol. The summed E-state index contributed by atoms with van der Waals surface area (Å²) in [6.07, 6.45) is 4.06. The van der Waals surface area contributed by atoms with Gasteiger partial charge in [0.1, 0.15) is 5.01 Å². The molecule has 1 heterocycles. The average Bonchev–Trinajstić information content (AvgIpc) is 2.86. The van der Waals surface area contributed by atoms with Crippen LogP contribution in [0.15, 0.2) is 11.6 Å². The van der Waals surface area contributed by atoms with E-state index in [1.54, 1.807) is 18.5 Å². The highest BCUT2D eigenvalue weighted by molar-refractivity contribution is 7.09. The molecule has 1 unspecified atom stereocenters. The van der Waals surface area contributed by atoms with Crippen LogP contribution in [0.3, 0.4) is 0 Å². The molecule has 1 aliphatic carbocycles. The number of carbonyl (C=O) groups is 1. The highest BCUT2D eigenvalue weighted by Crippen LogP contribution is 2.30. The minimum absolute atomic E-state index is 0.621. The maximum Gasteiger partial charge on any atom is 0.330 e. The number of carboxylic acids is 1. The van der Waals surface area contributed by atoms with Gasteiger partial charge in [-0.15, -0.1) is 11.3 Å². The summed E-state index contributed by atoms with van der Waals surface area (Å²) in [5.41, 5.74) is -1.03. The van der Waals surface area contributed by atoms with E-state index in [2.05, 4.69) is 10.3 Å². The minimum Gasteiger partial charge on any atom is -0.480 e. The molecule has 5 heteroatoms. The minimum atomic E-state index is -1.03. The third-order valence-corrected chi connectivity index (χ3v) is 3.72. The number of nitrogens with zero attached hydrogens (tertiary/aromatic N) is 1. The second-order valence-corrected chi connectivity index (χ2v) is 4.99. The van der Waals surface area contributed by atoms with Crippen LogP contribution in [0.2, 0.25) is 0 Å². The Morgan fingerprint density at radius 3 is 3.00 bits per heavy atom. The molecule has 0 radical (unpaired) electrons. The van der Waals surface area contributed by atoms with Gasteiger partial charge in [0.05, 0.1) is 0 Å². The predicted octanol–water partition coefficient (Wildman–Crippen LogP) is 1.44. The van der Waals surface area contributed by atoms with Crippen LogP contribution in [0.1, 0.15) is 24.8 Å². The Morgan fingerprint density at radius 2 is 2.53 bits per heavy atom. The van der Waals surface area contributed by atoms with Crippen molar-refractivity contribution in [3.8, 4) is 0 Å². The molecular formula is C10H14N2O2S. The fraction of sp³-hybridized carbons (Fsp3) is 0.600. The Hall–Kier alpha value is -0.940. The molecule has 0 amide bonds. The lowest BCUT2D eigenvalue weighted by Gasteiger charge is -2.23. The number of carboxylic acid groups (broad SMARTS) is 1. The quantitative estimate of drug-likeness (QED) is 0.797. The molecule has 2 N–H and O–H groups in total. The molecule has 82 valence electrons. The van der Waals surface area contributed by atoms with E-state index in [4.69, 9.17) is 0 Å². The van der Waals surface area contributed by atoms with Gasteiger partial charge in [0.25, 0.3) is 0 Å². The van der Waals surface area contributed by atoms with E-state index in [0.717, 1.165) is 6.54 Å². The molecule has 0 bridgehead atoms. The van der Waals surface area contributed by atoms with Crippen molar-refractivity contribution in [2.24, 2.45) is 5.92 Å². The molecule has 0 aliphatic heterocycles. The first kappa shape index (κ1) is 10.6. The fourth-order valence-corrected chi connectivity index (χ4v) is 2.15. The summed E-state index contributed by atoms with van der Waals surface area (Å²) in [4.78, 5) is 15.3. The van der Waals surface area contributed by atoms with Crippen LogP contribution in [0, 0.1) is 5.92 Å². The van der Waals surface area contributed by atoms with Crippen molar-refractivity contribution in [3.05, 3.63) is 16.6 Å². The summed E-state index contributed by atoms with van der Waals surface area (Å²) in [7, 11) is 0. The number of aromatic nitrogens is 1. The highest BCUT2D eigenvalue weighted by Gasteiger charge is 2.38. The van der Waals surface area contributed by atoms with E-state index in [9.17, 15) is 9.90 Å². The van der Waals surface area contributed by atoms with Crippen LogP contribution in [-0.2, 0) is 10.3 Å². The Bertz CT molecular complexity index is 348. The van der Waals surface area contributed by atoms with Crippen molar-refractivity contribution in [1.29, 1.82) is 0 Å². The van der Waals surface area contributed by atoms with Gasteiger partial charge in [0.2, 0.25) is 0 Å². The zero-order chi connectivity index (χ0) is 10.9. The summed E-state index contributed by atoms with van der Waals surface area (Å²) < 4.78 is 0. The largest absolute Gasteiger partial charge is 0.480 e. The van der Waals surface area contributed by atoms with Crippen LogP contribution in [-0.4, -0.2) is 22.6 Å². The third-order valence-electron chi connectivity index (χ3n) is 2.73. The van der Waals surface area contributed by atoms with Gasteiger partial charge < -0.3 is 5.11 Å². The number of hydrogen-bond acceptors (Lipinski definition) is 4. The molecule has 1 fully saturated rings. The molecule has 0 spiro atoms. The van der Waals surface area contributed by atoms with Crippen molar-refractivity contribution < 1.29 is 9.90 Å². The van der Waals surface area contributed by atoms with Gasteiger partial charge in [-0.2, -0.15) is 0 Å². The van der Waals surface area contributed by atoms with Gasteiger partial charge in [-0.05, 0) is 32.2 Å². The van der Waals surface area contributed by atoms with Crippen molar-refractivity contribution in [2.75, 3.05) is 6.54 Å². The van der Waals surface area contributed by atoms with Crippen LogP contribution in [0.5, 0.6) is 0 Å². The van der Waals surface area contributed by atoms with E-state index in [1.165, 1.54) is 24.2 Å². The molecule has 0 saturated heterocycles. The second kappa shape index (κ2) is 3.90. The molecule has 1 saturated carbocycles. The number of nitrogens with one attached hydrogen (secondary N) is 1. The van der Waals surface area contributed by atoms with E-state index in [1.807, 2.05) is 0 Å². The van der Waals surface area contributed by atoms with E-state index < -0.39 is 11.5 Å². The first-order chi connectivity index (χ1) is 7.13. The average molecular weight is 226 g/mol. The maximum absolute atomic E-state index is 11.3. The number of aliphatic carboxylic acids is 1. The Labute approximate surface area is 92.3 Å². The molecule has 4 nitrogen and oxygen atoms in total. The summed E-state index contributed by atoms with van der Waals surface area (Å²) >= 11 is 1.38. The molecular weight excluding hydrogens is 212 g/mol. The van der Waals surface area contributed by atoms with Crippen LogP contribution in [0.4, 0.5) is 0 Å². The van der Waals surface area contributed by atoms with E-state index >= 15 is 0 Å². The van der Waals surface area contributed by atoms with Gasteiger partial charge in [-0.25, -0.2) is 9.78 Å². The van der Waals surface area contributed by atoms with Gasteiger partial charge in [-0.3, -0.25) is 5.32 Å². The molecule has 0 aromatic carbocycles. The lowest BCUT2D eigenvalue weighted by Crippen LogP contribution is -2.47. The summed E-state index contributed by atoms with van der Waals surface area (Å²) in [6, 6.07) is 0. The second-order valence-electron chi connectivity index (χ2n) is 4.09. The molecule has 2 rings (SSSR count). The molecule has 1 atom stereocenters. The third kappa shape index (κ3) is 2.18. The Morgan fingerprint density at radius 1 is 1.80 bits per heavy atom. The topological polar surface area (TPSA) is 62.2 Å². The number of rotatable bonds is 5. The zero-order valence-electron chi connectivity index (χ0n) is 8.56. The number of hydrogen-bond donors (Lipinski definition) is 2.